The molecule has 0 bridgehead atoms. The number of carbonyl (C=O) groups is 1. The third-order valence-corrected chi connectivity index (χ3v) is 5.10. The molecule has 0 unspecified atom stereocenters. The Kier molecular flexibility index (Phi) is 5.78. The van der Waals surface area contributed by atoms with Gasteiger partial charge in [-0.2, -0.15) is 0 Å². The second-order valence-electron chi connectivity index (χ2n) is 6.95. The maximum Gasteiger partial charge on any atom is 0.340 e. The molecule has 3 aromatic rings. The molecule has 2 aromatic carbocycles. The molecule has 1 aliphatic heterocycles. The van der Waals surface area contributed by atoms with Crippen molar-refractivity contribution in [2.45, 2.75) is 0 Å². The minimum Gasteiger partial charge on any atom is -0.507 e. The number of fused-ring (bicyclic) bond motifs is 1. The van der Waals surface area contributed by atoms with Crippen molar-refractivity contribution in [2.75, 3.05) is 46.6 Å². The molecule has 1 aromatic heterocycles. The first-order valence-electron chi connectivity index (χ1n) is 9.67. The van der Waals surface area contributed by atoms with Crippen LogP contribution in [0.1, 0.15) is 10.4 Å². The highest BCUT2D eigenvalue weighted by atomic mass is 16.5. The first kappa shape index (κ1) is 20.1. The third-order valence-electron chi connectivity index (χ3n) is 5.10. The van der Waals surface area contributed by atoms with E-state index in [2.05, 4.69) is 4.90 Å². The fourth-order valence-corrected chi connectivity index (χ4v) is 3.52. The number of benzene rings is 2. The molecule has 1 aliphatic rings. The summed E-state index contributed by atoms with van der Waals surface area (Å²) in [6.45, 7) is 4.45. The second kappa shape index (κ2) is 8.64. The van der Waals surface area contributed by atoms with E-state index < -0.39 is 5.97 Å². The van der Waals surface area contributed by atoms with Gasteiger partial charge in [0.05, 0.1) is 25.9 Å². The van der Waals surface area contributed by atoms with Gasteiger partial charge in [-0.15, -0.1) is 0 Å². The van der Waals surface area contributed by atoms with E-state index in [0.29, 0.717) is 29.1 Å². The number of ether oxygens (including phenoxy) is 3. The van der Waals surface area contributed by atoms with Gasteiger partial charge in [-0.1, -0.05) is 0 Å². The average Bonchev–Trinajstić information content (AvgIpc) is 3.13. The van der Waals surface area contributed by atoms with E-state index in [-0.39, 0.29) is 22.6 Å². The van der Waals surface area contributed by atoms with E-state index in [4.69, 9.17) is 18.6 Å². The minimum atomic E-state index is -1.14. The number of phenols is 1. The lowest BCUT2D eigenvalue weighted by Crippen LogP contribution is -2.38. The van der Waals surface area contributed by atoms with Crippen molar-refractivity contribution in [1.29, 1.82) is 0 Å². The van der Waals surface area contributed by atoms with Crippen LogP contribution in [-0.4, -0.2) is 67.6 Å². The lowest BCUT2D eigenvalue weighted by Gasteiger charge is -2.26. The molecule has 2 N–H and O–H groups in total. The molecule has 0 saturated carbocycles. The SMILES string of the molecule is COc1ccc2c(C(=O)O)c(-c3ccc(OCCN4CCOCC4)cc3O)oc2c1. The van der Waals surface area contributed by atoms with Crippen LogP contribution in [0.2, 0.25) is 0 Å². The van der Waals surface area contributed by atoms with Crippen LogP contribution in [0.15, 0.2) is 40.8 Å². The second-order valence-corrected chi connectivity index (χ2v) is 6.95. The summed E-state index contributed by atoms with van der Waals surface area (Å²) in [4.78, 5) is 14.1. The minimum absolute atomic E-state index is 0.0102. The molecule has 0 amide bonds. The van der Waals surface area contributed by atoms with Crippen molar-refractivity contribution in [1.82, 2.24) is 4.90 Å². The van der Waals surface area contributed by atoms with E-state index in [1.165, 1.54) is 13.2 Å². The van der Waals surface area contributed by atoms with Crippen LogP contribution in [0.25, 0.3) is 22.3 Å². The Morgan fingerprint density at radius 1 is 1.13 bits per heavy atom. The molecular weight excluding hydrogens is 390 g/mol. The number of nitrogens with zero attached hydrogens (tertiary/aromatic N) is 1. The normalized spacial score (nSPS) is 14.7. The predicted molar refractivity (Wildman–Crippen MR) is 110 cm³/mol. The largest absolute Gasteiger partial charge is 0.507 e. The summed E-state index contributed by atoms with van der Waals surface area (Å²) in [5.74, 6) is -0.123. The molecule has 1 saturated heterocycles. The van der Waals surface area contributed by atoms with Crippen molar-refractivity contribution < 1.29 is 33.6 Å². The van der Waals surface area contributed by atoms with Crippen LogP contribution in [0.3, 0.4) is 0 Å². The van der Waals surface area contributed by atoms with Gasteiger partial charge in [0.25, 0.3) is 0 Å². The highest BCUT2D eigenvalue weighted by Gasteiger charge is 2.24. The summed E-state index contributed by atoms with van der Waals surface area (Å²) < 4.78 is 22.0. The topological polar surface area (TPSA) is 102 Å². The molecule has 0 atom stereocenters. The number of methoxy groups -OCH3 is 1. The standard InChI is InChI=1S/C22H23NO7/c1-27-14-2-5-17-19(13-14)30-21(20(17)22(25)26)16-4-3-15(12-18(16)24)29-11-8-23-6-9-28-10-7-23/h2-5,12-13,24H,6-11H2,1H3,(H,25,26). The molecule has 8 nitrogen and oxygen atoms in total. The van der Waals surface area contributed by atoms with Gasteiger partial charge in [-0.3, -0.25) is 4.90 Å². The molecule has 158 valence electrons. The number of furan rings is 1. The Bertz CT molecular complexity index is 1050. The van der Waals surface area contributed by atoms with E-state index in [9.17, 15) is 15.0 Å². The summed E-state index contributed by atoms with van der Waals surface area (Å²) >= 11 is 0. The zero-order chi connectivity index (χ0) is 21.1. The lowest BCUT2D eigenvalue weighted by molar-refractivity contribution is 0.0322. The van der Waals surface area contributed by atoms with Gasteiger partial charge in [-0.05, 0) is 24.3 Å². The number of hydrogen-bond donors (Lipinski definition) is 2. The number of hydrogen-bond acceptors (Lipinski definition) is 7. The number of carboxylic acid groups (broad SMARTS) is 1. The number of phenolic OH excluding ortho intramolecular Hbond substituents is 1. The zero-order valence-electron chi connectivity index (χ0n) is 16.6. The summed E-state index contributed by atoms with van der Waals surface area (Å²) in [5.41, 5.74) is 0.638. The maximum absolute atomic E-state index is 11.9. The average molecular weight is 413 g/mol. The molecule has 0 spiro atoms. The number of morpholine rings is 1. The van der Waals surface area contributed by atoms with Crippen molar-refractivity contribution in [2.24, 2.45) is 0 Å². The highest BCUT2D eigenvalue weighted by molar-refractivity contribution is 6.08. The fourth-order valence-electron chi connectivity index (χ4n) is 3.52. The van der Waals surface area contributed by atoms with Crippen molar-refractivity contribution in [3.63, 3.8) is 0 Å². The van der Waals surface area contributed by atoms with Crippen LogP contribution in [0.4, 0.5) is 0 Å². The molecule has 2 heterocycles. The number of carboxylic acids is 1. The van der Waals surface area contributed by atoms with Gasteiger partial charge in [-0.25, -0.2) is 4.79 Å². The van der Waals surface area contributed by atoms with E-state index in [1.54, 1.807) is 30.3 Å². The number of aromatic hydroxyl groups is 1. The van der Waals surface area contributed by atoms with Crippen molar-refractivity contribution in [3.05, 3.63) is 42.0 Å². The van der Waals surface area contributed by atoms with E-state index in [1.807, 2.05) is 0 Å². The molecule has 4 rings (SSSR count). The van der Waals surface area contributed by atoms with E-state index in [0.717, 1.165) is 32.8 Å². The Labute approximate surface area is 173 Å². The summed E-state index contributed by atoms with van der Waals surface area (Å²) in [6.07, 6.45) is 0. The smallest absolute Gasteiger partial charge is 0.340 e. The Morgan fingerprint density at radius 3 is 2.60 bits per heavy atom. The third kappa shape index (κ3) is 4.05. The number of rotatable bonds is 7. The number of aromatic carboxylic acids is 1. The van der Waals surface area contributed by atoms with Crippen molar-refractivity contribution in [3.8, 4) is 28.6 Å². The molecule has 1 fully saturated rings. The van der Waals surface area contributed by atoms with Crippen LogP contribution < -0.4 is 9.47 Å². The first-order valence-corrected chi connectivity index (χ1v) is 9.67. The van der Waals surface area contributed by atoms with Crippen LogP contribution in [0, 0.1) is 0 Å². The summed E-state index contributed by atoms with van der Waals surface area (Å²) in [6, 6.07) is 9.66. The molecule has 8 heteroatoms. The highest BCUT2D eigenvalue weighted by Crippen LogP contribution is 2.40. The summed E-state index contributed by atoms with van der Waals surface area (Å²) in [5, 5.41) is 20.7. The van der Waals surface area contributed by atoms with Gasteiger partial charge in [0, 0.05) is 37.2 Å². The van der Waals surface area contributed by atoms with Crippen molar-refractivity contribution >= 4 is 16.9 Å². The Hall–Kier alpha value is -3.23. The van der Waals surface area contributed by atoms with Crippen LogP contribution in [0.5, 0.6) is 17.2 Å². The Balaban J connectivity index is 1.57. The Morgan fingerprint density at radius 2 is 1.90 bits per heavy atom. The van der Waals surface area contributed by atoms with Gasteiger partial charge >= 0.3 is 5.97 Å². The van der Waals surface area contributed by atoms with E-state index >= 15 is 0 Å². The summed E-state index contributed by atoms with van der Waals surface area (Å²) in [7, 11) is 1.52. The molecular formula is C22H23NO7. The fraction of sp³-hybridized carbons (Fsp3) is 0.318. The van der Waals surface area contributed by atoms with Crippen LogP contribution >= 0.6 is 0 Å². The van der Waals surface area contributed by atoms with Gasteiger partial charge in [0.1, 0.15) is 35.0 Å². The van der Waals surface area contributed by atoms with Crippen LogP contribution in [-0.2, 0) is 4.74 Å². The monoisotopic (exact) mass is 413 g/mol. The quantitative estimate of drug-likeness (QED) is 0.609. The molecule has 0 radical (unpaired) electrons. The molecule has 30 heavy (non-hydrogen) atoms. The maximum atomic E-state index is 11.9. The van der Waals surface area contributed by atoms with Gasteiger partial charge < -0.3 is 28.8 Å². The zero-order valence-corrected chi connectivity index (χ0v) is 16.6. The predicted octanol–water partition coefficient (Wildman–Crippen LogP) is 3.22. The van der Waals surface area contributed by atoms with Gasteiger partial charge in [0.2, 0.25) is 0 Å². The lowest BCUT2D eigenvalue weighted by atomic mass is 10.0. The van der Waals surface area contributed by atoms with Gasteiger partial charge in [0.15, 0.2) is 5.76 Å². The first-order chi connectivity index (χ1) is 14.6. The molecule has 0 aliphatic carbocycles.